The third kappa shape index (κ3) is 2.36. The highest BCUT2D eigenvalue weighted by Gasteiger charge is 2.04. The summed E-state index contributed by atoms with van der Waals surface area (Å²) in [5.41, 5.74) is 1.91. The topological polar surface area (TPSA) is 12.9 Å². The minimum absolute atomic E-state index is 0.318. The van der Waals surface area contributed by atoms with Crippen LogP contribution in [0.4, 0.5) is 8.78 Å². The van der Waals surface area contributed by atoms with E-state index in [2.05, 4.69) is 4.98 Å². The van der Waals surface area contributed by atoms with Crippen molar-refractivity contribution in [1.29, 1.82) is 0 Å². The zero-order valence-electron chi connectivity index (χ0n) is 8.25. The lowest BCUT2D eigenvalue weighted by atomic mass is 10.1. The van der Waals surface area contributed by atoms with Crippen LogP contribution < -0.4 is 0 Å². The van der Waals surface area contributed by atoms with Crippen LogP contribution in [0.25, 0.3) is 11.1 Å². The van der Waals surface area contributed by atoms with E-state index in [1.54, 1.807) is 18.5 Å². The Hall–Kier alpha value is -1.48. The molecule has 0 atom stereocenters. The first-order valence-corrected chi connectivity index (χ1v) is 5.19. The Morgan fingerprint density at radius 3 is 2.25 bits per heavy atom. The Labute approximate surface area is 96.7 Å². The minimum atomic E-state index is -0.605. The number of rotatable bonds is 2. The van der Waals surface area contributed by atoms with Crippen LogP contribution in [-0.4, -0.2) is 4.98 Å². The second-order valence-corrected chi connectivity index (χ2v) is 3.64. The Kier molecular flexibility index (Phi) is 3.15. The molecule has 0 fully saturated rings. The summed E-state index contributed by atoms with van der Waals surface area (Å²) in [5.74, 6) is -0.893. The van der Waals surface area contributed by atoms with E-state index in [9.17, 15) is 8.78 Å². The SMILES string of the molecule is Fc1cc(F)cc(-c2cncc(CCl)c2)c1. The molecule has 1 nitrogen and oxygen atoms in total. The molecule has 2 aromatic rings. The first-order chi connectivity index (χ1) is 7.69. The number of pyridine rings is 1. The van der Waals surface area contributed by atoms with E-state index in [0.29, 0.717) is 17.0 Å². The summed E-state index contributed by atoms with van der Waals surface area (Å²) in [6.07, 6.45) is 3.16. The zero-order chi connectivity index (χ0) is 11.5. The lowest BCUT2D eigenvalue weighted by Gasteiger charge is -2.03. The van der Waals surface area contributed by atoms with Crippen LogP contribution in [0.3, 0.4) is 0 Å². The van der Waals surface area contributed by atoms with Crippen LogP contribution in [0.2, 0.25) is 0 Å². The Balaban J connectivity index is 2.49. The van der Waals surface area contributed by atoms with Gasteiger partial charge in [0.15, 0.2) is 0 Å². The predicted octanol–water partition coefficient (Wildman–Crippen LogP) is 3.77. The third-order valence-electron chi connectivity index (χ3n) is 2.15. The predicted molar refractivity (Wildman–Crippen MR) is 59.1 cm³/mol. The van der Waals surface area contributed by atoms with Gasteiger partial charge in [0.25, 0.3) is 0 Å². The van der Waals surface area contributed by atoms with E-state index < -0.39 is 11.6 Å². The second kappa shape index (κ2) is 4.58. The Morgan fingerprint density at radius 1 is 0.938 bits per heavy atom. The molecule has 0 unspecified atom stereocenters. The van der Waals surface area contributed by atoms with Gasteiger partial charge in [-0.25, -0.2) is 8.78 Å². The summed E-state index contributed by atoms with van der Waals surface area (Å²) in [6, 6.07) is 5.12. The Morgan fingerprint density at radius 2 is 1.62 bits per heavy atom. The third-order valence-corrected chi connectivity index (χ3v) is 2.45. The molecule has 0 N–H and O–H groups in total. The molecule has 0 spiro atoms. The molecular weight excluding hydrogens is 232 g/mol. The van der Waals surface area contributed by atoms with Gasteiger partial charge in [0.2, 0.25) is 0 Å². The van der Waals surface area contributed by atoms with Gasteiger partial charge in [-0.1, -0.05) is 0 Å². The van der Waals surface area contributed by atoms with Crippen molar-refractivity contribution in [2.45, 2.75) is 5.88 Å². The number of nitrogens with zero attached hydrogens (tertiary/aromatic N) is 1. The molecule has 1 aromatic heterocycles. The molecule has 2 rings (SSSR count). The number of hydrogen-bond donors (Lipinski definition) is 0. The van der Waals surface area contributed by atoms with E-state index in [-0.39, 0.29) is 0 Å². The van der Waals surface area contributed by atoms with Crippen molar-refractivity contribution in [1.82, 2.24) is 4.98 Å². The number of benzene rings is 1. The fourth-order valence-electron chi connectivity index (χ4n) is 1.44. The second-order valence-electron chi connectivity index (χ2n) is 3.37. The molecule has 0 aliphatic carbocycles. The van der Waals surface area contributed by atoms with Crippen molar-refractivity contribution in [3.8, 4) is 11.1 Å². The zero-order valence-corrected chi connectivity index (χ0v) is 9.01. The average molecular weight is 240 g/mol. The van der Waals surface area contributed by atoms with Crippen molar-refractivity contribution >= 4 is 11.6 Å². The van der Waals surface area contributed by atoms with Gasteiger partial charge in [0, 0.05) is 29.9 Å². The van der Waals surface area contributed by atoms with E-state index in [1.807, 2.05) is 0 Å². The van der Waals surface area contributed by atoms with Gasteiger partial charge in [-0.05, 0) is 29.3 Å². The van der Waals surface area contributed by atoms with Gasteiger partial charge in [-0.3, -0.25) is 4.98 Å². The molecule has 1 aromatic carbocycles. The lowest BCUT2D eigenvalue weighted by molar-refractivity contribution is 0.584. The molecule has 82 valence electrons. The van der Waals surface area contributed by atoms with Gasteiger partial charge in [-0.15, -0.1) is 11.6 Å². The van der Waals surface area contributed by atoms with Gasteiger partial charge in [-0.2, -0.15) is 0 Å². The van der Waals surface area contributed by atoms with Crippen LogP contribution in [0, 0.1) is 11.6 Å². The first-order valence-electron chi connectivity index (χ1n) is 4.65. The van der Waals surface area contributed by atoms with Crippen LogP contribution in [-0.2, 0) is 5.88 Å². The minimum Gasteiger partial charge on any atom is -0.264 e. The highest BCUT2D eigenvalue weighted by molar-refractivity contribution is 6.17. The quantitative estimate of drug-likeness (QED) is 0.727. The number of halogens is 3. The molecule has 0 aliphatic heterocycles. The summed E-state index contributed by atoms with van der Waals surface area (Å²) >= 11 is 5.66. The van der Waals surface area contributed by atoms with Crippen molar-refractivity contribution < 1.29 is 8.78 Å². The molecule has 16 heavy (non-hydrogen) atoms. The van der Waals surface area contributed by atoms with Crippen LogP contribution >= 0.6 is 11.6 Å². The largest absolute Gasteiger partial charge is 0.264 e. The molecule has 0 saturated carbocycles. The van der Waals surface area contributed by atoms with E-state index in [0.717, 1.165) is 11.6 Å². The average Bonchev–Trinajstić information content (AvgIpc) is 2.28. The molecule has 0 aliphatic rings. The van der Waals surface area contributed by atoms with Gasteiger partial charge < -0.3 is 0 Å². The van der Waals surface area contributed by atoms with Crippen LogP contribution in [0.15, 0.2) is 36.7 Å². The molecule has 1 heterocycles. The summed E-state index contributed by atoms with van der Waals surface area (Å²) in [4.78, 5) is 3.96. The van der Waals surface area contributed by atoms with E-state index >= 15 is 0 Å². The van der Waals surface area contributed by atoms with Crippen LogP contribution in [0.1, 0.15) is 5.56 Å². The highest BCUT2D eigenvalue weighted by atomic mass is 35.5. The van der Waals surface area contributed by atoms with Gasteiger partial charge in [0.05, 0.1) is 0 Å². The van der Waals surface area contributed by atoms with Gasteiger partial charge >= 0.3 is 0 Å². The monoisotopic (exact) mass is 239 g/mol. The maximum Gasteiger partial charge on any atom is 0.126 e. The molecule has 0 amide bonds. The molecule has 4 heteroatoms. The number of alkyl halides is 1. The molecule has 0 saturated heterocycles. The van der Waals surface area contributed by atoms with Crippen LogP contribution in [0.5, 0.6) is 0 Å². The maximum absolute atomic E-state index is 13.0. The van der Waals surface area contributed by atoms with Crippen molar-refractivity contribution in [3.05, 3.63) is 53.9 Å². The smallest absolute Gasteiger partial charge is 0.126 e. The van der Waals surface area contributed by atoms with E-state index in [4.69, 9.17) is 11.6 Å². The molecular formula is C12H8ClF2N. The standard InChI is InChI=1S/C12H8ClF2N/c13-5-8-1-10(7-16-6-8)9-2-11(14)4-12(15)3-9/h1-4,6-7H,5H2. The number of aromatic nitrogens is 1. The van der Waals surface area contributed by atoms with Crippen molar-refractivity contribution in [3.63, 3.8) is 0 Å². The molecule has 0 radical (unpaired) electrons. The highest BCUT2D eigenvalue weighted by Crippen LogP contribution is 2.22. The summed E-state index contributed by atoms with van der Waals surface area (Å²) < 4.78 is 26.0. The normalized spacial score (nSPS) is 10.4. The summed E-state index contributed by atoms with van der Waals surface area (Å²) in [5, 5.41) is 0. The van der Waals surface area contributed by atoms with Crippen molar-refractivity contribution in [2.75, 3.05) is 0 Å². The Bertz CT molecular complexity index is 494. The fraction of sp³-hybridized carbons (Fsp3) is 0.0833. The lowest BCUT2D eigenvalue weighted by Crippen LogP contribution is -1.87. The summed E-state index contributed by atoms with van der Waals surface area (Å²) in [7, 11) is 0. The van der Waals surface area contributed by atoms with Gasteiger partial charge in [0.1, 0.15) is 11.6 Å². The maximum atomic E-state index is 13.0. The summed E-state index contributed by atoms with van der Waals surface area (Å²) in [6.45, 7) is 0. The molecule has 0 bridgehead atoms. The van der Waals surface area contributed by atoms with Crippen molar-refractivity contribution in [2.24, 2.45) is 0 Å². The first kappa shape index (κ1) is 11.0. The fourth-order valence-corrected chi connectivity index (χ4v) is 1.59. The number of hydrogen-bond acceptors (Lipinski definition) is 1. The van der Waals surface area contributed by atoms with E-state index in [1.165, 1.54) is 12.1 Å².